The Labute approximate surface area is 157 Å². The van der Waals surface area contributed by atoms with Crippen molar-refractivity contribution in [2.24, 2.45) is 10.2 Å². The fourth-order valence-corrected chi connectivity index (χ4v) is 3.72. The molecule has 0 spiro atoms. The summed E-state index contributed by atoms with van der Waals surface area (Å²) in [4.78, 5) is 0. The summed E-state index contributed by atoms with van der Waals surface area (Å²) in [6, 6.07) is 5.73. The summed E-state index contributed by atoms with van der Waals surface area (Å²) in [6.45, 7) is 7.58. The Morgan fingerprint density at radius 2 is 1.96 bits per heavy atom. The number of aromatic hydroxyl groups is 1. The van der Waals surface area contributed by atoms with Crippen LogP contribution in [-0.2, 0) is 6.42 Å². The lowest BCUT2D eigenvalue weighted by Crippen LogP contribution is -2.50. The summed E-state index contributed by atoms with van der Waals surface area (Å²) in [6.07, 6.45) is 4.62. The van der Waals surface area contributed by atoms with Crippen molar-refractivity contribution in [3.63, 3.8) is 0 Å². The Kier molecular flexibility index (Phi) is 3.96. The molecule has 0 amide bonds. The van der Waals surface area contributed by atoms with E-state index in [-0.39, 0.29) is 0 Å². The van der Waals surface area contributed by atoms with E-state index in [1.165, 1.54) is 0 Å². The van der Waals surface area contributed by atoms with Crippen LogP contribution in [0.5, 0.6) is 11.5 Å². The second-order valence-corrected chi connectivity index (χ2v) is 7.41. The van der Waals surface area contributed by atoms with Crippen LogP contribution >= 0.6 is 0 Å². The van der Waals surface area contributed by atoms with E-state index < -0.39 is 5.72 Å². The standard InChI is InChI=1S/C21H23N3O3/c1-12-13(2)20-17(14(3)19(12)25)8-9-21(4,27-20)24(26)11-16-7-5-6-15-10-22-23-18(15)16/h5-7,10-11,25-26H,8-9H2,1-4H3. The smallest absolute Gasteiger partial charge is 0.202 e. The van der Waals surface area contributed by atoms with Gasteiger partial charge < -0.3 is 9.84 Å². The molecule has 0 bridgehead atoms. The van der Waals surface area contributed by atoms with E-state index in [0.717, 1.165) is 49.2 Å². The Morgan fingerprint density at radius 3 is 2.74 bits per heavy atom. The van der Waals surface area contributed by atoms with Crippen LogP contribution in [0.3, 0.4) is 0 Å². The highest BCUT2D eigenvalue weighted by Gasteiger charge is 2.38. The lowest BCUT2D eigenvalue weighted by molar-refractivity contribution is -0.200. The van der Waals surface area contributed by atoms with E-state index in [1.807, 2.05) is 45.9 Å². The van der Waals surface area contributed by atoms with Crippen LogP contribution in [0.4, 0.5) is 0 Å². The molecule has 0 fully saturated rings. The van der Waals surface area contributed by atoms with E-state index >= 15 is 0 Å². The van der Waals surface area contributed by atoms with Crippen LogP contribution in [0.1, 0.15) is 41.2 Å². The van der Waals surface area contributed by atoms with E-state index in [4.69, 9.17) is 4.74 Å². The number of benzene rings is 2. The highest BCUT2D eigenvalue weighted by atomic mass is 16.6. The van der Waals surface area contributed by atoms with Gasteiger partial charge in [-0.3, -0.25) is 5.21 Å². The van der Waals surface area contributed by atoms with Crippen LogP contribution < -0.4 is 15.3 Å². The molecular weight excluding hydrogens is 342 g/mol. The minimum atomic E-state index is -0.921. The molecule has 2 aliphatic rings. The fourth-order valence-electron chi connectivity index (χ4n) is 3.72. The summed E-state index contributed by atoms with van der Waals surface area (Å²) < 4.78 is 6.29. The topological polar surface area (TPSA) is 77.7 Å². The Bertz CT molecular complexity index is 1090. The third-order valence-electron chi connectivity index (χ3n) is 5.70. The molecule has 2 aromatic rings. The first-order valence-electron chi connectivity index (χ1n) is 9.02. The molecule has 2 aliphatic heterocycles. The molecule has 0 aromatic heterocycles. The first-order valence-corrected chi connectivity index (χ1v) is 9.02. The van der Waals surface area contributed by atoms with Crippen molar-refractivity contribution in [3.05, 3.63) is 56.6 Å². The van der Waals surface area contributed by atoms with Crippen molar-refractivity contribution in [3.8, 4) is 11.5 Å². The van der Waals surface area contributed by atoms with Gasteiger partial charge in [-0.15, -0.1) is 5.10 Å². The van der Waals surface area contributed by atoms with Crippen LogP contribution in [0, 0.1) is 20.8 Å². The van der Waals surface area contributed by atoms with Gasteiger partial charge >= 0.3 is 0 Å². The van der Waals surface area contributed by atoms with Gasteiger partial charge in [0.1, 0.15) is 16.9 Å². The zero-order chi connectivity index (χ0) is 19.3. The maximum Gasteiger partial charge on any atom is 0.202 e. The van der Waals surface area contributed by atoms with Gasteiger partial charge in [0.05, 0.1) is 6.21 Å². The number of rotatable bonds is 2. The van der Waals surface area contributed by atoms with Crippen molar-refractivity contribution in [2.75, 3.05) is 0 Å². The first-order chi connectivity index (χ1) is 12.8. The summed E-state index contributed by atoms with van der Waals surface area (Å²) in [7, 11) is 0. The highest BCUT2D eigenvalue weighted by Crippen LogP contribution is 2.43. The van der Waals surface area contributed by atoms with Crippen molar-refractivity contribution in [2.45, 2.75) is 46.3 Å². The summed E-state index contributed by atoms with van der Waals surface area (Å²) >= 11 is 0. The molecule has 2 N–H and O–H groups in total. The highest BCUT2D eigenvalue weighted by molar-refractivity contribution is 5.80. The molecule has 4 rings (SSSR count). The lowest BCUT2D eigenvalue weighted by Gasteiger charge is -2.41. The second kappa shape index (κ2) is 6.09. The maximum absolute atomic E-state index is 10.8. The minimum Gasteiger partial charge on any atom is -0.507 e. The molecule has 27 heavy (non-hydrogen) atoms. The average molecular weight is 365 g/mol. The predicted molar refractivity (Wildman–Crippen MR) is 103 cm³/mol. The Hall–Kier alpha value is -2.86. The third kappa shape index (κ3) is 2.68. The zero-order valence-electron chi connectivity index (χ0n) is 15.9. The van der Waals surface area contributed by atoms with Crippen LogP contribution in [0.15, 0.2) is 28.4 Å². The lowest BCUT2D eigenvalue weighted by atomic mass is 9.90. The van der Waals surface area contributed by atoms with E-state index in [9.17, 15) is 10.3 Å². The van der Waals surface area contributed by atoms with Gasteiger partial charge in [0.15, 0.2) is 0 Å². The van der Waals surface area contributed by atoms with Crippen LogP contribution in [0.25, 0.3) is 6.20 Å². The molecule has 0 saturated heterocycles. The number of hydrogen-bond acceptors (Lipinski definition) is 6. The molecule has 2 heterocycles. The molecule has 0 aliphatic carbocycles. The van der Waals surface area contributed by atoms with Gasteiger partial charge in [-0.2, -0.15) is 5.10 Å². The van der Waals surface area contributed by atoms with Crippen molar-refractivity contribution in [1.29, 1.82) is 0 Å². The van der Waals surface area contributed by atoms with Crippen LogP contribution in [0.2, 0.25) is 0 Å². The molecule has 6 heteroatoms. The summed E-state index contributed by atoms with van der Waals surface area (Å²) in [5.41, 5.74) is 3.56. The van der Waals surface area contributed by atoms with E-state index in [0.29, 0.717) is 18.6 Å². The van der Waals surface area contributed by atoms with Crippen molar-refractivity contribution < 1.29 is 15.1 Å². The van der Waals surface area contributed by atoms with Gasteiger partial charge in [0.25, 0.3) is 0 Å². The second-order valence-electron chi connectivity index (χ2n) is 7.41. The number of nitrogens with zero attached hydrogens (tertiary/aromatic N) is 3. The van der Waals surface area contributed by atoms with E-state index in [1.54, 1.807) is 12.4 Å². The molecule has 1 unspecified atom stereocenters. The maximum atomic E-state index is 10.8. The summed E-state index contributed by atoms with van der Waals surface area (Å²) in [5, 5.41) is 31.9. The van der Waals surface area contributed by atoms with Crippen molar-refractivity contribution in [1.82, 2.24) is 5.06 Å². The van der Waals surface area contributed by atoms with Gasteiger partial charge in [0, 0.05) is 29.0 Å². The quantitative estimate of drug-likeness (QED) is 0.802. The van der Waals surface area contributed by atoms with E-state index in [2.05, 4.69) is 10.2 Å². The molecule has 1 atom stereocenters. The van der Waals surface area contributed by atoms with Gasteiger partial charge in [-0.05, 0) is 50.8 Å². The zero-order valence-corrected chi connectivity index (χ0v) is 15.9. The van der Waals surface area contributed by atoms with Gasteiger partial charge in [-0.1, -0.05) is 18.2 Å². The first kappa shape index (κ1) is 17.5. The number of phenolic OH excluding ortho intramolecular Hbond substituents is 1. The molecule has 0 saturated carbocycles. The molecule has 6 nitrogen and oxygen atoms in total. The number of hydroxylamine groups is 2. The van der Waals surface area contributed by atoms with Crippen molar-refractivity contribution >= 4 is 12.4 Å². The largest absolute Gasteiger partial charge is 0.507 e. The monoisotopic (exact) mass is 365 g/mol. The Balaban J connectivity index is 1.75. The average Bonchev–Trinajstić information content (AvgIpc) is 3.14. The van der Waals surface area contributed by atoms with Gasteiger partial charge in [0.2, 0.25) is 5.72 Å². The predicted octanol–water partition coefficient (Wildman–Crippen LogP) is 2.46. The Morgan fingerprint density at radius 1 is 1.19 bits per heavy atom. The molecule has 0 radical (unpaired) electrons. The van der Waals surface area contributed by atoms with Gasteiger partial charge in [-0.25, -0.2) is 5.06 Å². The van der Waals surface area contributed by atoms with Crippen LogP contribution in [-0.4, -0.2) is 27.3 Å². The molecule has 2 aromatic carbocycles. The number of phenols is 1. The number of hydrogen-bond donors (Lipinski definition) is 2. The normalized spacial score (nSPS) is 20.7. The molecular formula is C21H23N3O3. The summed E-state index contributed by atoms with van der Waals surface area (Å²) in [5.74, 6) is 1.07. The third-order valence-corrected chi connectivity index (χ3v) is 5.70. The number of fused-ring (bicyclic) bond motifs is 2. The molecule has 140 valence electrons. The number of ether oxygens (including phenoxy) is 1. The minimum absolute atomic E-state index is 0.326. The SMILES string of the molecule is Cc1c(C)c2c(c(C)c1O)CCC(C)(N(O)C=c1cccc3c1=NN=C3)O2. The fraction of sp³-hybridized carbons (Fsp3) is 0.333.